The quantitative estimate of drug-likeness (QED) is 0.663. The van der Waals surface area contributed by atoms with E-state index in [1.165, 1.54) is 24.8 Å². The number of anilines is 1. The van der Waals surface area contributed by atoms with Crippen LogP contribution in [-0.2, 0) is 11.8 Å². The summed E-state index contributed by atoms with van der Waals surface area (Å²) >= 11 is 0. The predicted octanol–water partition coefficient (Wildman–Crippen LogP) is 4.89. The molecule has 1 atom stereocenters. The molecule has 1 N–H and O–H groups in total. The van der Waals surface area contributed by atoms with Crippen molar-refractivity contribution in [1.29, 1.82) is 0 Å². The number of aromatic amines is 1. The number of urea groups is 1. The van der Waals surface area contributed by atoms with Crippen molar-refractivity contribution in [1.82, 2.24) is 19.9 Å². The fraction of sp³-hybridized carbons (Fsp3) is 0.565. The SMILES string of the molecule is CCCN1C(=O)N2CC(Cc3ccncc3)N=C2c2[nH]c(C3(C)CCCCC3)nc21.Cl.Cl. The molecule has 2 amide bonds. The van der Waals surface area contributed by atoms with Crippen molar-refractivity contribution in [2.24, 2.45) is 4.99 Å². The van der Waals surface area contributed by atoms with Crippen LogP contribution in [0.1, 0.15) is 69.5 Å². The number of aromatic nitrogens is 3. The number of H-pyrrole nitrogens is 1. The summed E-state index contributed by atoms with van der Waals surface area (Å²) in [6.45, 7) is 5.69. The van der Waals surface area contributed by atoms with Gasteiger partial charge in [-0.3, -0.25) is 19.8 Å². The summed E-state index contributed by atoms with van der Waals surface area (Å²) in [4.78, 5) is 34.7. The molecule has 0 aromatic carbocycles. The maximum Gasteiger partial charge on any atom is 0.331 e. The van der Waals surface area contributed by atoms with Crippen LogP contribution in [0.25, 0.3) is 0 Å². The van der Waals surface area contributed by atoms with Crippen LogP contribution in [0.15, 0.2) is 29.5 Å². The van der Waals surface area contributed by atoms with Crippen LogP contribution in [0, 0.1) is 0 Å². The van der Waals surface area contributed by atoms with Gasteiger partial charge in [0.2, 0.25) is 0 Å². The van der Waals surface area contributed by atoms with Gasteiger partial charge in [-0.25, -0.2) is 9.78 Å². The highest BCUT2D eigenvalue weighted by molar-refractivity contribution is 6.18. The number of hydrogen-bond donors (Lipinski definition) is 1. The van der Waals surface area contributed by atoms with Crippen LogP contribution in [0.4, 0.5) is 10.6 Å². The molecule has 5 rings (SSSR count). The van der Waals surface area contributed by atoms with Crippen LogP contribution in [0.5, 0.6) is 0 Å². The van der Waals surface area contributed by atoms with E-state index in [1.807, 2.05) is 34.3 Å². The van der Waals surface area contributed by atoms with Crippen LogP contribution in [0.3, 0.4) is 0 Å². The third-order valence-corrected chi connectivity index (χ3v) is 6.78. The Morgan fingerprint density at radius 3 is 2.56 bits per heavy atom. The summed E-state index contributed by atoms with van der Waals surface area (Å²) < 4.78 is 0. The van der Waals surface area contributed by atoms with Gasteiger partial charge >= 0.3 is 6.03 Å². The molecular formula is C23H32Cl2N6O. The first-order chi connectivity index (χ1) is 14.6. The highest BCUT2D eigenvalue weighted by atomic mass is 35.5. The molecule has 1 saturated carbocycles. The number of amidine groups is 1. The van der Waals surface area contributed by atoms with E-state index in [0.717, 1.165) is 48.9 Å². The molecule has 4 heterocycles. The Morgan fingerprint density at radius 2 is 1.88 bits per heavy atom. The number of fused-ring (bicyclic) bond motifs is 3. The Kier molecular flexibility index (Phi) is 7.50. The molecule has 2 aromatic rings. The monoisotopic (exact) mass is 478 g/mol. The Labute approximate surface area is 201 Å². The standard InChI is InChI=1S/C23H30N6O.2ClH/c1-3-13-28-20-18(26-21(27-20)23(2)9-5-4-6-10-23)19-25-17(15-29(19)22(28)30)14-16-7-11-24-12-8-16;;/h7-8,11-12,17H,3-6,9-10,13-15H2,1-2H3,(H,26,27);2*1H. The van der Waals surface area contributed by atoms with E-state index in [0.29, 0.717) is 13.1 Å². The average Bonchev–Trinajstić information content (AvgIpc) is 3.38. The number of nitrogens with zero attached hydrogens (tertiary/aromatic N) is 5. The molecule has 2 aliphatic heterocycles. The zero-order chi connectivity index (χ0) is 20.7. The number of amides is 2. The van der Waals surface area contributed by atoms with Crippen molar-refractivity contribution in [3.05, 3.63) is 41.6 Å². The molecule has 0 radical (unpaired) electrons. The summed E-state index contributed by atoms with van der Waals surface area (Å²) in [5, 5.41) is 0. The molecule has 3 aliphatic rings. The Morgan fingerprint density at radius 1 is 1.16 bits per heavy atom. The molecule has 1 fully saturated rings. The Bertz CT molecular complexity index is 970. The van der Waals surface area contributed by atoms with Gasteiger partial charge in [0.15, 0.2) is 11.7 Å². The molecule has 0 bridgehead atoms. The maximum atomic E-state index is 13.3. The molecule has 32 heavy (non-hydrogen) atoms. The topological polar surface area (TPSA) is 77.5 Å². The summed E-state index contributed by atoms with van der Waals surface area (Å²) in [5.41, 5.74) is 2.16. The number of rotatable bonds is 5. The second-order valence-electron chi connectivity index (χ2n) is 9.12. The van der Waals surface area contributed by atoms with Gasteiger partial charge in [0, 0.05) is 24.4 Å². The van der Waals surface area contributed by atoms with E-state index in [2.05, 4.69) is 23.8 Å². The number of aliphatic imine (C=N–C) groups is 1. The van der Waals surface area contributed by atoms with Gasteiger partial charge in [0.05, 0.1) is 12.6 Å². The number of pyridine rings is 1. The van der Waals surface area contributed by atoms with Crippen LogP contribution in [-0.4, -0.2) is 50.8 Å². The first-order valence-electron chi connectivity index (χ1n) is 11.3. The molecule has 9 heteroatoms. The summed E-state index contributed by atoms with van der Waals surface area (Å²) in [6, 6.07) is 4.10. The fourth-order valence-corrected chi connectivity index (χ4v) is 5.08. The zero-order valence-electron chi connectivity index (χ0n) is 18.7. The van der Waals surface area contributed by atoms with Crippen molar-refractivity contribution >= 4 is 42.5 Å². The highest BCUT2D eigenvalue weighted by Crippen LogP contribution is 2.40. The minimum Gasteiger partial charge on any atom is -0.337 e. The molecule has 0 saturated heterocycles. The smallest absolute Gasteiger partial charge is 0.331 e. The number of hydrogen-bond acceptors (Lipinski definition) is 4. The van der Waals surface area contributed by atoms with Crippen LogP contribution in [0.2, 0.25) is 0 Å². The zero-order valence-corrected chi connectivity index (χ0v) is 20.3. The van der Waals surface area contributed by atoms with Crippen molar-refractivity contribution < 1.29 is 4.79 Å². The third kappa shape index (κ3) is 4.25. The van der Waals surface area contributed by atoms with E-state index in [-0.39, 0.29) is 42.3 Å². The van der Waals surface area contributed by atoms with Gasteiger partial charge in [-0.1, -0.05) is 33.1 Å². The lowest BCUT2D eigenvalue weighted by molar-refractivity contribution is 0.226. The number of carbonyl (C=O) groups is 1. The molecule has 0 spiro atoms. The highest BCUT2D eigenvalue weighted by Gasteiger charge is 2.44. The first-order valence-corrected chi connectivity index (χ1v) is 11.3. The van der Waals surface area contributed by atoms with E-state index >= 15 is 0 Å². The number of imidazole rings is 1. The lowest BCUT2D eigenvalue weighted by Crippen LogP contribution is -2.50. The number of halogens is 2. The number of carbonyl (C=O) groups excluding carboxylic acids is 1. The average molecular weight is 479 g/mol. The molecule has 2 aromatic heterocycles. The summed E-state index contributed by atoms with van der Waals surface area (Å²) in [6.07, 6.45) is 11.4. The van der Waals surface area contributed by atoms with Gasteiger partial charge in [0.25, 0.3) is 0 Å². The van der Waals surface area contributed by atoms with Crippen molar-refractivity contribution in [3.8, 4) is 0 Å². The predicted molar refractivity (Wildman–Crippen MR) is 132 cm³/mol. The minimum atomic E-state index is 0. The number of nitrogens with one attached hydrogen (secondary N) is 1. The lowest BCUT2D eigenvalue weighted by atomic mass is 9.75. The second-order valence-corrected chi connectivity index (χ2v) is 9.12. The molecular weight excluding hydrogens is 447 g/mol. The molecule has 1 aliphatic carbocycles. The lowest BCUT2D eigenvalue weighted by Gasteiger charge is -2.32. The third-order valence-electron chi connectivity index (χ3n) is 6.78. The van der Waals surface area contributed by atoms with E-state index < -0.39 is 0 Å². The van der Waals surface area contributed by atoms with Crippen molar-refractivity contribution in [2.75, 3.05) is 18.0 Å². The van der Waals surface area contributed by atoms with Crippen molar-refractivity contribution in [2.45, 2.75) is 70.3 Å². The van der Waals surface area contributed by atoms with E-state index in [9.17, 15) is 4.79 Å². The fourth-order valence-electron chi connectivity index (χ4n) is 5.08. The normalized spacial score (nSPS) is 21.2. The van der Waals surface area contributed by atoms with Gasteiger partial charge in [-0.05, 0) is 43.4 Å². The molecule has 7 nitrogen and oxygen atoms in total. The second kappa shape index (κ2) is 9.79. The van der Waals surface area contributed by atoms with Crippen LogP contribution >= 0.6 is 24.8 Å². The summed E-state index contributed by atoms with van der Waals surface area (Å²) in [7, 11) is 0. The largest absolute Gasteiger partial charge is 0.337 e. The van der Waals surface area contributed by atoms with Crippen LogP contribution < -0.4 is 4.90 Å². The van der Waals surface area contributed by atoms with E-state index in [1.54, 1.807) is 0 Å². The maximum absolute atomic E-state index is 13.3. The minimum absolute atomic E-state index is 0. The van der Waals surface area contributed by atoms with Crippen molar-refractivity contribution in [3.63, 3.8) is 0 Å². The first kappa shape index (κ1) is 24.5. The van der Waals surface area contributed by atoms with Gasteiger partial charge in [0.1, 0.15) is 11.5 Å². The Balaban J connectivity index is 0.00000144. The summed E-state index contributed by atoms with van der Waals surface area (Å²) in [5.74, 6) is 2.55. The van der Waals surface area contributed by atoms with Gasteiger partial charge < -0.3 is 4.98 Å². The van der Waals surface area contributed by atoms with Gasteiger partial charge in [-0.2, -0.15) is 0 Å². The molecule has 1 unspecified atom stereocenters. The van der Waals surface area contributed by atoms with E-state index in [4.69, 9.17) is 9.98 Å². The van der Waals surface area contributed by atoms with Gasteiger partial charge in [-0.15, -0.1) is 24.8 Å². The molecule has 174 valence electrons. The Hall–Kier alpha value is -2.12.